The molecule has 2 N–H and O–H groups in total. The summed E-state index contributed by atoms with van der Waals surface area (Å²) in [5.74, 6) is 0.227. The van der Waals surface area contributed by atoms with Crippen LogP contribution in [0.5, 0.6) is 0 Å². The zero-order valence-corrected chi connectivity index (χ0v) is 35.2. The first-order valence-electron chi connectivity index (χ1n) is 14.2. The van der Waals surface area contributed by atoms with Gasteiger partial charge in [-0.2, -0.15) is 5.26 Å². The van der Waals surface area contributed by atoms with Crippen molar-refractivity contribution in [3.8, 4) is 6.07 Å². The highest BCUT2D eigenvalue weighted by atomic mass is 33.4. The molecule has 2 amide bonds. The second-order valence-corrected chi connectivity index (χ2v) is 23.0. The summed E-state index contributed by atoms with van der Waals surface area (Å²) in [6.07, 6.45) is 4.58. The Bertz CT molecular complexity index is 1540. The van der Waals surface area contributed by atoms with E-state index < -0.39 is 11.2 Å². The average molecular weight is 831 g/mol. The predicted octanol–water partition coefficient (Wildman–Crippen LogP) is 5.20. The van der Waals surface area contributed by atoms with Crippen molar-refractivity contribution in [2.75, 3.05) is 25.4 Å². The Labute approximate surface area is 314 Å². The number of hydrogen-bond acceptors (Lipinski definition) is 12. The third kappa shape index (κ3) is 24.2. The number of fused-ring (bicyclic) bond motifs is 1. The Morgan fingerprint density at radius 3 is 1.73 bits per heavy atom. The summed E-state index contributed by atoms with van der Waals surface area (Å²) in [5, 5.41) is 7.89. The number of carbonyl (C=O) groups is 3. The van der Waals surface area contributed by atoms with E-state index in [4.69, 9.17) is 20.5 Å². The van der Waals surface area contributed by atoms with Crippen molar-refractivity contribution in [3.63, 3.8) is 0 Å². The van der Waals surface area contributed by atoms with E-state index in [1.807, 2.05) is 59.7 Å². The molecule has 0 bridgehead atoms. The fourth-order valence-electron chi connectivity index (χ4n) is 3.32. The van der Waals surface area contributed by atoms with Crippen LogP contribution >= 0.6 is 11.3 Å². The Balaban J connectivity index is 0.000000637. The molecule has 0 spiro atoms. The van der Waals surface area contributed by atoms with Crippen LogP contribution in [0.3, 0.4) is 0 Å². The molecule has 2 aromatic rings. The van der Waals surface area contributed by atoms with Gasteiger partial charge in [0.2, 0.25) is 0 Å². The van der Waals surface area contributed by atoms with Crippen molar-refractivity contribution in [2.45, 2.75) is 85.5 Å². The third-order valence-corrected chi connectivity index (χ3v) is 17.1. The van der Waals surface area contributed by atoms with Gasteiger partial charge in [0.25, 0.3) is 0 Å². The smallest absolute Gasteiger partial charge is 0.410 e. The zero-order chi connectivity index (χ0) is 36.6. The molecule has 4 heterocycles. The van der Waals surface area contributed by atoms with Crippen molar-refractivity contribution in [1.82, 2.24) is 19.8 Å². The third-order valence-electron chi connectivity index (χ3n) is 5.08. The first kappa shape index (κ1) is 46.0. The predicted molar refractivity (Wildman–Crippen MR) is 213 cm³/mol. The lowest BCUT2D eigenvalue weighted by atomic mass is 10.1. The lowest BCUT2D eigenvalue weighted by molar-refractivity contribution is -0.121. The Hall–Kier alpha value is -1.96. The monoisotopic (exact) mass is 830 g/mol. The molecule has 0 aromatic carbocycles. The fraction of sp³-hybridized carbons (Fsp3) is 0.571. The van der Waals surface area contributed by atoms with Gasteiger partial charge >= 0.3 is 12.2 Å². The van der Waals surface area contributed by atoms with Gasteiger partial charge in [-0.1, -0.05) is 6.07 Å². The minimum absolute atomic E-state index is 0.227. The number of ketones is 1. The first-order chi connectivity index (χ1) is 22.6. The molecular weight excluding hydrogens is 789 g/mol. The number of nitriles is 1. The minimum Gasteiger partial charge on any atom is -0.444 e. The standard InChI is InChI=1S/C11H17N3O2S.C10H17NO3.C5H5N.C2H3N.S8/c1-11(2,3)16-10(15)14-5-4-7-8(6-14)17-9(12)13-7;1-10(2,3)14-9(13)11-6-4-8(12)5-7-11;1-2-4-6-5-3-1;1-2-3;1-3-5-7-8-6-4-2/h4-6H2,1-3H3,(H2,12,13);4-7H2,1-3H3;1-5H;1H3;. The van der Waals surface area contributed by atoms with Gasteiger partial charge in [0.1, 0.15) is 17.0 Å². The van der Waals surface area contributed by atoms with Gasteiger partial charge in [-0.05, 0) is 53.7 Å². The van der Waals surface area contributed by atoms with Crippen LogP contribution in [-0.4, -0.2) is 68.6 Å². The van der Waals surface area contributed by atoms with E-state index in [1.54, 1.807) is 63.8 Å². The number of hydrogen-bond donors (Lipinski definition) is 1. The second-order valence-electron chi connectivity index (χ2n) is 11.2. The van der Waals surface area contributed by atoms with Gasteiger partial charge in [-0.15, -0.1) is 11.3 Å². The molecule has 0 saturated carbocycles. The number of nitrogens with two attached hydrogens (primary N) is 1. The number of pyridine rings is 1. The van der Waals surface area contributed by atoms with Crippen LogP contribution in [0.2, 0.25) is 0 Å². The van der Waals surface area contributed by atoms with E-state index in [-0.39, 0.29) is 18.0 Å². The number of thiazole rings is 1. The summed E-state index contributed by atoms with van der Waals surface area (Å²) >= 11 is 10.7. The van der Waals surface area contributed by atoms with Crippen molar-refractivity contribution in [3.05, 3.63) is 41.2 Å². The molecule has 2 aromatic heterocycles. The van der Waals surface area contributed by atoms with Gasteiger partial charge in [0.15, 0.2) is 5.13 Å². The number of nitrogen functional groups attached to an aromatic ring is 1. The fourth-order valence-corrected chi connectivity index (χ4v) is 15.2. The lowest BCUT2D eigenvalue weighted by Gasteiger charge is -2.29. The average Bonchev–Trinajstić information content (AvgIpc) is 3.39. The molecule has 2 aliphatic rings. The van der Waals surface area contributed by atoms with Crippen molar-refractivity contribution >= 4 is 110 Å². The number of nitrogens with zero attached hydrogens (tertiary/aromatic N) is 5. The summed E-state index contributed by atoms with van der Waals surface area (Å²) in [4.78, 5) is 46.7. The topological polar surface area (TPSA) is 152 Å². The van der Waals surface area contributed by atoms with E-state index in [0.29, 0.717) is 44.2 Å². The van der Waals surface area contributed by atoms with E-state index in [9.17, 15) is 14.4 Å². The number of carbonyl (C=O) groups excluding carboxylic acids is 3. The number of likely N-dealkylation sites (tertiary alicyclic amines) is 1. The first-order valence-corrected chi connectivity index (χ1v) is 24.3. The molecule has 0 unspecified atom stereocenters. The van der Waals surface area contributed by atoms with Crippen LogP contribution in [0, 0.1) is 11.3 Å². The molecule has 0 atom stereocenters. The summed E-state index contributed by atoms with van der Waals surface area (Å²) in [7, 11) is 9.12. The number of Topliss-reactive ketones (excluding diaryl/α,β-unsaturated/α-hetero) is 1. The normalized spacial score (nSPS) is 13.1. The molecule has 0 aliphatic carbocycles. The number of rotatable bonds is 0. The van der Waals surface area contributed by atoms with E-state index in [1.165, 1.54) is 36.0 Å². The highest BCUT2D eigenvalue weighted by Crippen LogP contribution is 2.27. The number of piperidine rings is 1. The van der Waals surface area contributed by atoms with Gasteiger partial charge in [0, 0.05) is 139 Å². The minimum atomic E-state index is -0.460. The van der Waals surface area contributed by atoms with Crippen LogP contribution in [0.4, 0.5) is 14.7 Å². The maximum absolute atomic E-state index is 11.9. The molecule has 1 fully saturated rings. The number of ether oxygens (including phenoxy) is 2. The van der Waals surface area contributed by atoms with Crippen LogP contribution in [0.15, 0.2) is 30.6 Å². The van der Waals surface area contributed by atoms with E-state index in [2.05, 4.69) is 32.3 Å². The zero-order valence-electron chi connectivity index (χ0n) is 27.9. The van der Waals surface area contributed by atoms with E-state index in [0.717, 1.165) is 17.0 Å². The summed E-state index contributed by atoms with van der Waals surface area (Å²) in [6.45, 7) is 14.7. The SMILES string of the molecule is CC#N.CC(C)(C)OC(=O)N1CCC(=O)CC1.CC(C)(C)OC(=O)N1CCc2nc(N)sc2C1.S=S=S=S=S=S=S=S.c1ccncc1. The Kier molecular flexibility index (Phi) is 24.9. The van der Waals surface area contributed by atoms with E-state index >= 15 is 0 Å². The summed E-state index contributed by atoms with van der Waals surface area (Å²) < 4.78 is 10.5. The number of aromatic nitrogens is 2. The molecule has 11 nitrogen and oxygen atoms in total. The van der Waals surface area contributed by atoms with Crippen molar-refractivity contribution in [1.29, 1.82) is 5.26 Å². The van der Waals surface area contributed by atoms with Gasteiger partial charge < -0.3 is 25.0 Å². The Morgan fingerprint density at radius 2 is 1.33 bits per heavy atom. The van der Waals surface area contributed by atoms with Crippen LogP contribution < -0.4 is 5.73 Å². The molecule has 2 aliphatic heterocycles. The van der Waals surface area contributed by atoms with Crippen molar-refractivity contribution < 1.29 is 23.9 Å². The summed E-state index contributed by atoms with van der Waals surface area (Å²) in [6, 6.07) is 7.47. The quantitative estimate of drug-likeness (QED) is 0.373. The van der Waals surface area contributed by atoms with Crippen LogP contribution in [-0.2, 0) is 103 Å². The maximum Gasteiger partial charge on any atom is 0.410 e. The van der Waals surface area contributed by atoms with Crippen LogP contribution in [0.25, 0.3) is 0 Å². The second kappa shape index (κ2) is 25.9. The van der Waals surface area contributed by atoms with Crippen molar-refractivity contribution in [2.24, 2.45) is 0 Å². The highest BCUT2D eigenvalue weighted by Gasteiger charge is 2.28. The summed E-state index contributed by atoms with van der Waals surface area (Å²) in [5.41, 5.74) is 5.76. The maximum atomic E-state index is 11.9. The molecule has 268 valence electrons. The largest absolute Gasteiger partial charge is 0.444 e. The van der Waals surface area contributed by atoms with Crippen LogP contribution in [0.1, 0.15) is 71.9 Å². The highest BCUT2D eigenvalue weighted by molar-refractivity contribution is 8.70. The van der Waals surface area contributed by atoms with Gasteiger partial charge in [-0.25, -0.2) is 14.6 Å². The van der Waals surface area contributed by atoms with Gasteiger partial charge in [-0.3, -0.25) is 9.78 Å². The molecular formula is C28H42N6O5S9. The molecule has 4 rings (SSSR count). The number of amides is 2. The molecule has 20 heteroatoms. The number of anilines is 1. The molecule has 1 saturated heterocycles. The Morgan fingerprint density at radius 1 is 0.875 bits per heavy atom. The molecule has 48 heavy (non-hydrogen) atoms. The van der Waals surface area contributed by atoms with Gasteiger partial charge in [0.05, 0.1) is 18.3 Å². The molecule has 0 radical (unpaired) electrons. The lowest BCUT2D eigenvalue weighted by Crippen LogP contribution is -2.41.